The third kappa shape index (κ3) is 41.3. The molecule has 0 unspecified atom stereocenters. The molecule has 0 aliphatic carbocycles. The van der Waals surface area contributed by atoms with Gasteiger partial charge in [0.1, 0.15) is 0 Å². The highest BCUT2D eigenvalue weighted by Crippen LogP contribution is 2.41. The molecule has 2 rings (SSSR count). The van der Waals surface area contributed by atoms with E-state index in [1.54, 1.807) is 23.9 Å². The normalized spacial score (nSPS) is 11.5. The van der Waals surface area contributed by atoms with Gasteiger partial charge in [-0.3, -0.25) is 0 Å². The predicted octanol–water partition coefficient (Wildman–Crippen LogP) is 21.6. The molecule has 0 aliphatic heterocycles. The van der Waals surface area contributed by atoms with Crippen LogP contribution in [0.2, 0.25) is 0 Å². The van der Waals surface area contributed by atoms with Crippen LogP contribution in [-0.4, -0.2) is 37.0 Å². The summed E-state index contributed by atoms with van der Waals surface area (Å²) in [5, 5.41) is 19.3. The summed E-state index contributed by atoms with van der Waals surface area (Å²) in [6, 6.07) is 11.9. The maximum absolute atomic E-state index is 9.64. The average molecular weight is 1050 g/mol. The van der Waals surface area contributed by atoms with E-state index in [0.29, 0.717) is 25.3 Å². The minimum Gasteiger partial charge on any atom is -0.490 e. The van der Waals surface area contributed by atoms with Crippen molar-refractivity contribution in [3.05, 3.63) is 42.0 Å². The number of hydrogen-bond donors (Lipinski definition) is 2. The molecule has 0 amide bonds. The first-order valence-electron chi connectivity index (χ1n) is 32.7. The molecule has 0 atom stereocenters. The smallest absolute Gasteiger partial charge is 0.488 e. The summed E-state index contributed by atoms with van der Waals surface area (Å²) in [5.41, 5.74) is 1.66. The van der Waals surface area contributed by atoms with Crippen molar-refractivity contribution >= 4 is 24.3 Å². The fraction of sp³-hybridized carbons (Fsp3) is 0.821. The summed E-state index contributed by atoms with van der Waals surface area (Å²) < 4.78 is 20.1. The predicted molar refractivity (Wildman–Crippen MR) is 327 cm³/mol. The van der Waals surface area contributed by atoms with Crippen LogP contribution in [0.1, 0.15) is 335 Å². The van der Waals surface area contributed by atoms with Gasteiger partial charge in [-0.2, -0.15) is 0 Å². The standard InChI is InChI=1S/C67H121BO5S/c1-4-7-10-13-16-19-22-25-28-31-34-37-40-43-46-49-56-71-65-59-62(61-74-64-54-52-63(53-55-64)68(69)70)60-66(72-57-50-47-44-41-38-35-32-29-26-23-20-17-14-11-8-5-2)67(65)73-58-51-48-45-42-39-36-33-30-27-24-21-18-15-12-9-6-3/h52-55,59-60,69-70H,4-51,56-58,61H2,1-3H3. The Morgan fingerprint density at radius 2 is 0.568 bits per heavy atom. The Kier molecular flexibility index (Phi) is 49.1. The second-order valence-corrected chi connectivity index (χ2v) is 23.7. The molecule has 0 bridgehead atoms. The first-order valence-corrected chi connectivity index (χ1v) is 33.7. The number of unbranched alkanes of at least 4 members (excludes halogenated alkanes) is 45. The van der Waals surface area contributed by atoms with Gasteiger partial charge in [0.2, 0.25) is 5.75 Å². The minimum atomic E-state index is -1.45. The number of benzene rings is 2. The van der Waals surface area contributed by atoms with Crippen LogP contribution in [0.25, 0.3) is 0 Å². The maximum Gasteiger partial charge on any atom is 0.488 e. The minimum absolute atomic E-state index is 0.509. The van der Waals surface area contributed by atoms with Gasteiger partial charge in [-0.05, 0) is 54.6 Å². The van der Waals surface area contributed by atoms with Gasteiger partial charge in [-0.15, -0.1) is 11.8 Å². The molecule has 0 aromatic heterocycles. The summed E-state index contributed by atoms with van der Waals surface area (Å²) in [4.78, 5) is 1.09. The zero-order valence-electron chi connectivity index (χ0n) is 49.3. The summed E-state index contributed by atoms with van der Waals surface area (Å²) in [5.74, 6) is 3.18. The fourth-order valence-electron chi connectivity index (χ4n) is 10.5. The molecule has 0 heterocycles. The van der Waals surface area contributed by atoms with Gasteiger partial charge in [0.15, 0.2) is 11.5 Å². The lowest BCUT2D eigenvalue weighted by molar-refractivity contribution is 0.234. The van der Waals surface area contributed by atoms with Crippen molar-refractivity contribution in [2.24, 2.45) is 0 Å². The van der Waals surface area contributed by atoms with Crippen LogP contribution >= 0.6 is 11.8 Å². The van der Waals surface area contributed by atoms with E-state index in [1.807, 2.05) is 12.1 Å². The highest BCUT2D eigenvalue weighted by atomic mass is 32.2. The Morgan fingerprint density at radius 3 is 0.824 bits per heavy atom. The lowest BCUT2D eigenvalue weighted by Gasteiger charge is -2.19. The Balaban J connectivity index is 1.90. The van der Waals surface area contributed by atoms with Gasteiger partial charge in [0, 0.05) is 10.6 Å². The van der Waals surface area contributed by atoms with Gasteiger partial charge < -0.3 is 24.3 Å². The van der Waals surface area contributed by atoms with Crippen LogP contribution in [0.4, 0.5) is 0 Å². The zero-order chi connectivity index (χ0) is 52.9. The number of ether oxygens (including phenoxy) is 3. The van der Waals surface area contributed by atoms with Gasteiger partial charge in [0.25, 0.3) is 0 Å². The Labute approximate surface area is 465 Å². The molecule has 2 aromatic rings. The third-order valence-corrected chi connectivity index (χ3v) is 16.5. The third-order valence-electron chi connectivity index (χ3n) is 15.4. The van der Waals surface area contributed by atoms with Gasteiger partial charge in [-0.25, -0.2) is 0 Å². The summed E-state index contributed by atoms with van der Waals surface area (Å²) >= 11 is 1.74. The molecular formula is C67H121BO5S. The number of hydrogen-bond acceptors (Lipinski definition) is 6. The first-order chi connectivity index (χ1) is 36.6. The molecule has 0 saturated carbocycles. The monoisotopic (exact) mass is 1050 g/mol. The van der Waals surface area contributed by atoms with Crippen LogP contribution in [-0.2, 0) is 5.75 Å². The zero-order valence-corrected chi connectivity index (χ0v) is 50.2. The SMILES string of the molecule is CCCCCCCCCCCCCCCCCCOc1cc(CSc2ccc(B(O)O)cc2)cc(OCCCCCCCCCCCCCCCCCC)c1OCCCCCCCCCCCCCCCCCC. The molecule has 2 N–H and O–H groups in total. The van der Waals surface area contributed by atoms with Crippen molar-refractivity contribution in [2.45, 2.75) is 340 Å². The van der Waals surface area contributed by atoms with Crippen LogP contribution in [0.3, 0.4) is 0 Å². The molecule has 5 nitrogen and oxygen atoms in total. The maximum atomic E-state index is 9.64. The lowest BCUT2D eigenvalue weighted by Crippen LogP contribution is -2.29. The molecule has 2 aromatic carbocycles. The van der Waals surface area contributed by atoms with Crippen LogP contribution in [0.15, 0.2) is 41.3 Å². The van der Waals surface area contributed by atoms with Crippen molar-refractivity contribution in [3.63, 3.8) is 0 Å². The van der Waals surface area contributed by atoms with Crippen LogP contribution in [0.5, 0.6) is 17.2 Å². The number of rotatable bonds is 58. The Bertz CT molecular complexity index is 1390. The molecule has 74 heavy (non-hydrogen) atoms. The highest BCUT2D eigenvalue weighted by Gasteiger charge is 2.17. The van der Waals surface area contributed by atoms with Crippen molar-refractivity contribution < 1.29 is 24.3 Å². The highest BCUT2D eigenvalue weighted by molar-refractivity contribution is 7.98. The number of thioether (sulfide) groups is 1. The molecule has 0 spiro atoms. The molecule has 428 valence electrons. The quantitative estimate of drug-likeness (QED) is 0.0391. The van der Waals surface area contributed by atoms with Crippen molar-refractivity contribution in [2.75, 3.05) is 19.8 Å². The lowest BCUT2D eigenvalue weighted by atomic mass is 9.81. The molecule has 7 heteroatoms. The van der Waals surface area contributed by atoms with Gasteiger partial charge in [-0.1, -0.05) is 322 Å². The van der Waals surface area contributed by atoms with Crippen molar-refractivity contribution in [1.82, 2.24) is 0 Å². The first kappa shape index (κ1) is 68.3. The topological polar surface area (TPSA) is 68.2 Å². The van der Waals surface area contributed by atoms with E-state index in [1.165, 1.54) is 289 Å². The van der Waals surface area contributed by atoms with Crippen molar-refractivity contribution in [3.8, 4) is 17.2 Å². The van der Waals surface area contributed by atoms with E-state index >= 15 is 0 Å². The van der Waals surface area contributed by atoms with Gasteiger partial charge in [0.05, 0.1) is 19.8 Å². The second kappa shape index (κ2) is 53.2. The van der Waals surface area contributed by atoms with E-state index in [-0.39, 0.29) is 0 Å². The second-order valence-electron chi connectivity index (χ2n) is 22.6. The van der Waals surface area contributed by atoms with Gasteiger partial charge >= 0.3 is 7.12 Å². The summed E-state index contributed by atoms with van der Waals surface area (Å²) in [6.07, 6.45) is 65.2. The van der Waals surface area contributed by atoms with E-state index in [0.717, 1.165) is 52.7 Å². The molecular weight excluding hydrogens is 928 g/mol. The molecule has 0 radical (unpaired) electrons. The Hall–Kier alpha value is -1.83. The molecule has 0 fully saturated rings. The van der Waals surface area contributed by atoms with E-state index in [2.05, 4.69) is 32.9 Å². The van der Waals surface area contributed by atoms with Crippen LogP contribution in [0, 0.1) is 0 Å². The van der Waals surface area contributed by atoms with Crippen molar-refractivity contribution in [1.29, 1.82) is 0 Å². The van der Waals surface area contributed by atoms with E-state index in [4.69, 9.17) is 14.2 Å². The summed E-state index contributed by atoms with van der Waals surface area (Å²) in [7, 11) is -1.45. The molecule has 0 aliphatic rings. The molecule has 0 saturated heterocycles. The van der Waals surface area contributed by atoms with E-state index in [9.17, 15) is 10.0 Å². The van der Waals surface area contributed by atoms with Crippen LogP contribution < -0.4 is 19.7 Å². The fourth-order valence-corrected chi connectivity index (χ4v) is 11.3. The largest absolute Gasteiger partial charge is 0.490 e. The summed E-state index contributed by atoms with van der Waals surface area (Å²) in [6.45, 7) is 8.96. The Morgan fingerprint density at radius 1 is 0.324 bits per heavy atom. The van der Waals surface area contributed by atoms with E-state index < -0.39 is 7.12 Å². The average Bonchev–Trinajstić information content (AvgIpc) is 3.41.